The number of nitro groups is 1. The molecule has 9 nitrogen and oxygen atoms in total. The number of halogens is 1. The number of nitrogens with one attached hydrogen (secondary N) is 1. The van der Waals surface area contributed by atoms with E-state index in [0.717, 1.165) is 12.8 Å². The second-order valence-electron chi connectivity index (χ2n) is 8.13. The Morgan fingerprint density at radius 3 is 2.42 bits per heavy atom. The molecule has 0 amide bonds. The van der Waals surface area contributed by atoms with Gasteiger partial charge in [-0.3, -0.25) is 10.1 Å². The Kier molecular flexibility index (Phi) is 6.19. The molecule has 0 saturated carbocycles. The first-order chi connectivity index (χ1) is 14.9. The van der Waals surface area contributed by atoms with Crippen molar-refractivity contribution in [3.63, 3.8) is 0 Å². The van der Waals surface area contributed by atoms with E-state index in [9.17, 15) is 19.6 Å². The number of benzene rings is 1. The van der Waals surface area contributed by atoms with Crippen LogP contribution in [-0.2, 0) is 0 Å². The third-order valence-corrected chi connectivity index (χ3v) is 5.94. The van der Waals surface area contributed by atoms with Gasteiger partial charge in [0.1, 0.15) is 11.6 Å². The van der Waals surface area contributed by atoms with Crippen molar-refractivity contribution in [2.24, 2.45) is 5.73 Å². The van der Waals surface area contributed by atoms with Gasteiger partial charge in [-0.1, -0.05) is 0 Å². The second kappa shape index (κ2) is 9.03. The maximum atomic E-state index is 14.8. The fourth-order valence-corrected chi connectivity index (χ4v) is 4.07. The molecular formula is C21H27FN6O3. The molecule has 0 bridgehead atoms. The summed E-state index contributed by atoms with van der Waals surface area (Å²) in [7, 11) is 0. The topological polar surface area (TPSA) is 121 Å². The quantitative estimate of drug-likeness (QED) is 0.489. The number of pyridine rings is 1. The molecular weight excluding hydrogens is 403 g/mol. The number of aliphatic hydroxyl groups is 1. The highest BCUT2D eigenvalue weighted by molar-refractivity contribution is 5.69. The molecule has 0 atom stereocenters. The molecule has 3 heterocycles. The Hall–Kier alpha value is -2.98. The molecule has 2 aliphatic heterocycles. The van der Waals surface area contributed by atoms with E-state index in [1.807, 2.05) is 9.80 Å². The number of aliphatic hydroxyl groups excluding tert-OH is 1. The van der Waals surface area contributed by atoms with Crippen LogP contribution in [0.2, 0.25) is 0 Å². The highest BCUT2D eigenvalue weighted by Crippen LogP contribution is 2.32. The van der Waals surface area contributed by atoms with Crippen molar-refractivity contribution in [3.05, 3.63) is 46.3 Å². The van der Waals surface area contributed by atoms with Crippen LogP contribution >= 0.6 is 0 Å². The molecule has 0 aliphatic carbocycles. The molecule has 0 unspecified atom stereocenters. The molecule has 1 aromatic carbocycles. The number of anilines is 4. The zero-order valence-corrected chi connectivity index (χ0v) is 17.2. The first-order valence-electron chi connectivity index (χ1n) is 10.6. The first kappa shape index (κ1) is 21.3. The molecule has 4 N–H and O–H groups in total. The van der Waals surface area contributed by atoms with Crippen LogP contribution in [0.1, 0.15) is 25.7 Å². The van der Waals surface area contributed by atoms with E-state index in [2.05, 4.69) is 10.3 Å². The van der Waals surface area contributed by atoms with Gasteiger partial charge in [-0.25, -0.2) is 9.37 Å². The van der Waals surface area contributed by atoms with Crippen LogP contribution in [0.15, 0.2) is 30.3 Å². The number of nitrogens with zero attached hydrogens (tertiary/aromatic N) is 4. The van der Waals surface area contributed by atoms with Gasteiger partial charge >= 0.3 is 5.69 Å². The average Bonchev–Trinajstić information content (AvgIpc) is 2.75. The zero-order valence-electron chi connectivity index (χ0n) is 17.2. The van der Waals surface area contributed by atoms with E-state index >= 15 is 0 Å². The van der Waals surface area contributed by atoms with Crippen LogP contribution in [-0.4, -0.2) is 53.3 Å². The maximum Gasteiger partial charge on any atom is 0.311 e. The number of nitrogens with two attached hydrogens (primary N) is 1. The molecule has 0 radical (unpaired) electrons. The predicted octanol–water partition coefficient (Wildman–Crippen LogP) is 2.76. The Balaban J connectivity index is 1.55. The third kappa shape index (κ3) is 4.86. The summed E-state index contributed by atoms with van der Waals surface area (Å²) in [5.41, 5.74) is 6.63. The lowest BCUT2D eigenvalue weighted by Gasteiger charge is -2.32. The maximum absolute atomic E-state index is 14.8. The fraction of sp³-hybridized carbons (Fsp3) is 0.476. The Morgan fingerprint density at radius 2 is 1.77 bits per heavy atom. The second-order valence-corrected chi connectivity index (χ2v) is 8.13. The molecule has 2 saturated heterocycles. The van der Waals surface area contributed by atoms with Crippen molar-refractivity contribution < 1.29 is 14.4 Å². The van der Waals surface area contributed by atoms with Crippen LogP contribution in [0.5, 0.6) is 0 Å². The minimum atomic E-state index is -0.513. The molecule has 0 spiro atoms. The van der Waals surface area contributed by atoms with Crippen molar-refractivity contribution >= 4 is 28.7 Å². The molecule has 1 aromatic heterocycles. The van der Waals surface area contributed by atoms with Gasteiger partial charge in [0.2, 0.25) is 5.82 Å². The van der Waals surface area contributed by atoms with E-state index in [-0.39, 0.29) is 23.7 Å². The van der Waals surface area contributed by atoms with Gasteiger partial charge in [-0.05, 0) is 49.9 Å². The van der Waals surface area contributed by atoms with E-state index < -0.39 is 10.7 Å². The molecule has 31 heavy (non-hydrogen) atoms. The Bertz CT molecular complexity index is 943. The first-order valence-corrected chi connectivity index (χ1v) is 10.6. The summed E-state index contributed by atoms with van der Waals surface area (Å²) in [6.07, 6.45) is 2.54. The van der Waals surface area contributed by atoms with Gasteiger partial charge in [0.25, 0.3) is 0 Å². The van der Waals surface area contributed by atoms with Gasteiger partial charge in [0.05, 0.1) is 16.7 Å². The van der Waals surface area contributed by atoms with Crippen molar-refractivity contribution in [1.29, 1.82) is 0 Å². The average molecular weight is 430 g/mol. The van der Waals surface area contributed by atoms with Crippen molar-refractivity contribution in [2.75, 3.05) is 41.3 Å². The van der Waals surface area contributed by atoms with E-state index in [1.54, 1.807) is 18.2 Å². The van der Waals surface area contributed by atoms with Gasteiger partial charge in [-0.2, -0.15) is 0 Å². The highest BCUT2D eigenvalue weighted by atomic mass is 19.1. The van der Waals surface area contributed by atoms with E-state index in [0.29, 0.717) is 56.2 Å². The zero-order chi connectivity index (χ0) is 22.0. The summed E-state index contributed by atoms with van der Waals surface area (Å²) < 4.78 is 14.8. The fourth-order valence-electron chi connectivity index (χ4n) is 4.07. The summed E-state index contributed by atoms with van der Waals surface area (Å²) in [6, 6.07) is 7.86. The standard InChI is InChI=1S/C21H27FN6O3/c22-17-13-15(1-2-18(17)26-9-5-14(23)6-10-26)24-21-19(28(30)31)3-4-20(25-21)27-11-7-16(29)8-12-27/h1-4,13-14,16,29H,5-12,23H2,(H,24,25). The normalized spacial score (nSPS) is 18.3. The summed E-state index contributed by atoms with van der Waals surface area (Å²) in [5, 5.41) is 24.1. The van der Waals surface area contributed by atoms with Gasteiger partial charge in [0.15, 0.2) is 0 Å². The molecule has 2 fully saturated rings. The lowest BCUT2D eigenvalue weighted by Crippen LogP contribution is -2.40. The largest absolute Gasteiger partial charge is 0.393 e. The van der Waals surface area contributed by atoms with Crippen LogP contribution in [0, 0.1) is 15.9 Å². The van der Waals surface area contributed by atoms with Crippen molar-refractivity contribution in [1.82, 2.24) is 4.98 Å². The monoisotopic (exact) mass is 430 g/mol. The molecule has 2 aromatic rings. The van der Waals surface area contributed by atoms with Crippen molar-refractivity contribution in [3.8, 4) is 0 Å². The third-order valence-electron chi connectivity index (χ3n) is 5.94. The van der Waals surface area contributed by atoms with E-state index in [4.69, 9.17) is 5.73 Å². The Morgan fingerprint density at radius 1 is 1.10 bits per heavy atom. The Labute approximate surface area is 179 Å². The predicted molar refractivity (Wildman–Crippen MR) is 117 cm³/mol. The summed E-state index contributed by atoms with van der Waals surface area (Å²) >= 11 is 0. The number of piperidine rings is 2. The lowest BCUT2D eigenvalue weighted by atomic mass is 10.1. The highest BCUT2D eigenvalue weighted by Gasteiger charge is 2.23. The summed E-state index contributed by atoms with van der Waals surface area (Å²) in [4.78, 5) is 19.3. The van der Waals surface area contributed by atoms with Crippen LogP contribution in [0.4, 0.5) is 33.1 Å². The summed E-state index contributed by atoms with van der Waals surface area (Å²) in [5.74, 6) is 0.246. The van der Waals surface area contributed by atoms with Gasteiger partial charge < -0.3 is 26.0 Å². The van der Waals surface area contributed by atoms with E-state index in [1.165, 1.54) is 12.1 Å². The number of aromatic nitrogens is 1. The minimum absolute atomic E-state index is 0.0599. The SMILES string of the molecule is NC1CCN(c2ccc(Nc3nc(N4CCC(O)CC4)ccc3[N+](=O)[O-])cc2F)CC1. The van der Waals surface area contributed by atoms with Crippen molar-refractivity contribution in [2.45, 2.75) is 37.8 Å². The van der Waals surface area contributed by atoms with Gasteiger partial charge in [-0.15, -0.1) is 0 Å². The van der Waals surface area contributed by atoms with Crippen LogP contribution in [0.3, 0.4) is 0 Å². The summed E-state index contributed by atoms with van der Waals surface area (Å²) in [6.45, 7) is 2.64. The number of hydrogen-bond donors (Lipinski definition) is 3. The molecule has 2 aliphatic rings. The molecule has 10 heteroatoms. The van der Waals surface area contributed by atoms with Gasteiger partial charge in [0, 0.05) is 44.0 Å². The van der Waals surface area contributed by atoms with Crippen LogP contribution < -0.4 is 20.9 Å². The molecule has 166 valence electrons. The smallest absolute Gasteiger partial charge is 0.311 e. The minimum Gasteiger partial charge on any atom is -0.393 e. The van der Waals surface area contributed by atoms with Crippen LogP contribution in [0.25, 0.3) is 0 Å². The lowest BCUT2D eigenvalue weighted by molar-refractivity contribution is -0.384. The number of rotatable bonds is 5. The molecule has 4 rings (SSSR count). The number of hydrogen-bond acceptors (Lipinski definition) is 8.